The lowest BCUT2D eigenvalue weighted by molar-refractivity contribution is 0.00528. The van der Waals surface area contributed by atoms with Crippen molar-refractivity contribution in [3.05, 3.63) is 34.9 Å². The van der Waals surface area contributed by atoms with Crippen molar-refractivity contribution in [1.29, 1.82) is 0 Å². The van der Waals surface area contributed by atoms with Gasteiger partial charge in [0.05, 0.1) is 6.10 Å². The summed E-state index contributed by atoms with van der Waals surface area (Å²) in [5, 5.41) is 13.1. The zero-order valence-electron chi connectivity index (χ0n) is 12.9. The van der Waals surface area contributed by atoms with Gasteiger partial charge in [-0.25, -0.2) is 0 Å². The maximum Gasteiger partial charge on any atom is 0.251 e. The fourth-order valence-electron chi connectivity index (χ4n) is 2.75. The lowest BCUT2D eigenvalue weighted by Crippen LogP contribution is -2.32. The Bertz CT molecular complexity index is 481. The lowest BCUT2D eigenvalue weighted by atomic mass is 9.92. The summed E-state index contributed by atoms with van der Waals surface area (Å²) in [6, 6.07) is 5.86. The van der Waals surface area contributed by atoms with Crippen LogP contribution in [0.5, 0.6) is 0 Å². The van der Waals surface area contributed by atoms with Gasteiger partial charge in [0.1, 0.15) is 0 Å². The van der Waals surface area contributed by atoms with Crippen LogP contribution in [-0.4, -0.2) is 36.9 Å². The van der Waals surface area contributed by atoms with Crippen LogP contribution in [0, 0.1) is 19.8 Å². The molecule has 1 saturated heterocycles. The monoisotopic (exact) mass is 291 g/mol. The minimum absolute atomic E-state index is 0.0598. The fourth-order valence-corrected chi connectivity index (χ4v) is 2.75. The quantitative estimate of drug-likeness (QED) is 0.874. The van der Waals surface area contributed by atoms with E-state index in [1.807, 2.05) is 32.0 Å². The van der Waals surface area contributed by atoms with E-state index in [4.69, 9.17) is 4.74 Å². The van der Waals surface area contributed by atoms with Crippen LogP contribution in [0.25, 0.3) is 0 Å². The Labute approximate surface area is 126 Å². The van der Waals surface area contributed by atoms with Crippen molar-refractivity contribution < 1.29 is 14.6 Å². The molecular formula is C17H25NO3. The first-order chi connectivity index (χ1) is 10.1. The van der Waals surface area contributed by atoms with Gasteiger partial charge >= 0.3 is 0 Å². The van der Waals surface area contributed by atoms with Crippen LogP contribution >= 0.6 is 0 Å². The molecule has 116 valence electrons. The molecule has 0 spiro atoms. The third kappa shape index (κ3) is 4.55. The summed E-state index contributed by atoms with van der Waals surface area (Å²) in [6.45, 7) is 5.88. The Morgan fingerprint density at radius 3 is 2.81 bits per heavy atom. The van der Waals surface area contributed by atoms with Gasteiger partial charge < -0.3 is 15.2 Å². The first-order valence-electron chi connectivity index (χ1n) is 7.69. The van der Waals surface area contributed by atoms with E-state index in [9.17, 15) is 9.90 Å². The molecule has 4 heteroatoms. The number of hydrogen-bond acceptors (Lipinski definition) is 3. The number of aryl methyl sites for hydroxylation is 2. The SMILES string of the molecule is Cc1ccc(C)c(C(=O)NCC[C@@H](O)C2CCOCC2)c1. The number of aliphatic hydroxyl groups excluding tert-OH is 1. The Balaban J connectivity index is 1.79. The molecule has 2 rings (SSSR count). The van der Waals surface area contributed by atoms with Gasteiger partial charge in [-0.2, -0.15) is 0 Å². The van der Waals surface area contributed by atoms with Gasteiger partial charge in [0.15, 0.2) is 0 Å². The van der Waals surface area contributed by atoms with Gasteiger partial charge in [0.25, 0.3) is 5.91 Å². The second-order valence-corrected chi connectivity index (χ2v) is 5.88. The Kier molecular flexibility index (Phi) is 5.76. The molecule has 0 saturated carbocycles. The van der Waals surface area contributed by atoms with E-state index in [0.29, 0.717) is 18.9 Å². The zero-order chi connectivity index (χ0) is 15.2. The van der Waals surface area contributed by atoms with Crippen LogP contribution in [0.1, 0.15) is 40.7 Å². The molecule has 1 heterocycles. The molecule has 0 aliphatic carbocycles. The fraction of sp³-hybridized carbons (Fsp3) is 0.588. The van der Waals surface area contributed by atoms with Crippen molar-refractivity contribution >= 4 is 5.91 Å². The van der Waals surface area contributed by atoms with Crippen molar-refractivity contribution in [3.8, 4) is 0 Å². The molecule has 1 aliphatic rings. The molecule has 1 fully saturated rings. The summed E-state index contributed by atoms with van der Waals surface area (Å²) in [7, 11) is 0. The molecule has 1 atom stereocenters. The van der Waals surface area contributed by atoms with Gasteiger partial charge in [-0.3, -0.25) is 4.79 Å². The predicted molar refractivity (Wildman–Crippen MR) is 82.4 cm³/mol. The maximum atomic E-state index is 12.2. The Morgan fingerprint density at radius 1 is 1.38 bits per heavy atom. The second-order valence-electron chi connectivity index (χ2n) is 5.88. The predicted octanol–water partition coefficient (Wildman–Crippen LogP) is 2.21. The highest BCUT2D eigenvalue weighted by molar-refractivity contribution is 5.95. The van der Waals surface area contributed by atoms with Gasteiger partial charge in [0.2, 0.25) is 0 Å². The van der Waals surface area contributed by atoms with Gasteiger partial charge in [-0.15, -0.1) is 0 Å². The molecule has 0 radical (unpaired) electrons. The molecule has 1 aromatic rings. The van der Waals surface area contributed by atoms with Gasteiger partial charge in [-0.1, -0.05) is 17.7 Å². The van der Waals surface area contributed by atoms with Crippen LogP contribution in [0.3, 0.4) is 0 Å². The van der Waals surface area contributed by atoms with Crippen molar-refractivity contribution in [2.24, 2.45) is 5.92 Å². The molecule has 2 N–H and O–H groups in total. The summed E-state index contributed by atoms with van der Waals surface area (Å²) in [5.74, 6) is 0.242. The van der Waals surface area contributed by atoms with E-state index in [2.05, 4.69) is 5.32 Å². The number of aliphatic hydroxyl groups is 1. The van der Waals surface area contributed by atoms with E-state index in [0.717, 1.165) is 42.7 Å². The van der Waals surface area contributed by atoms with Crippen LogP contribution in [0.4, 0.5) is 0 Å². The third-order valence-corrected chi connectivity index (χ3v) is 4.17. The largest absolute Gasteiger partial charge is 0.393 e. The standard InChI is InChI=1S/C17H25NO3/c1-12-3-4-13(2)15(11-12)17(20)18-8-5-16(19)14-6-9-21-10-7-14/h3-4,11,14,16,19H,5-10H2,1-2H3,(H,18,20)/t16-/m1/s1. The molecule has 4 nitrogen and oxygen atoms in total. The summed E-state index contributed by atoms with van der Waals surface area (Å²) >= 11 is 0. The van der Waals surface area contributed by atoms with E-state index >= 15 is 0 Å². The number of amides is 1. The lowest BCUT2D eigenvalue weighted by Gasteiger charge is -2.26. The topological polar surface area (TPSA) is 58.6 Å². The van der Waals surface area contributed by atoms with E-state index < -0.39 is 0 Å². The molecule has 1 amide bonds. The number of ether oxygens (including phenoxy) is 1. The summed E-state index contributed by atoms with van der Waals surface area (Å²) < 4.78 is 5.29. The molecule has 1 aliphatic heterocycles. The average molecular weight is 291 g/mol. The first-order valence-corrected chi connectivity index (χ1v) is 7.69. The van der Waals surface area contributed by atoms with Crippen molar-refractivity contribution in [3.63, 3.8) is 0 Å². The highest BCUT2D eigenvalue weighted by Gasteiger charge is 2.22. The maximum absolute atomic E-state index is 12.2. The van der Waals surface area contributed by atoms with Crippen molar-refractivity contribution in [1.82, 2.24) is 5.32 Å². The van der Waals surface area contributed by atoms with Crippen LogP contribution < -0.4 is 5.32 Å². The first kappa shape index (κ1) is 16.0. The van der Waals surface area contributed by atoms with E-state index in [1.165, 1.54) is 0 Å². The highest BCUT2D eigenvalue weighted by Crippen LogP contribution is 2.20. The van der Waals surface area contributed by atoms with Crippen LogP contribution in [-0.2, 0) is 4.74 Å². The number of hydrogen-bond donors (Lipinski definition) is 2. The molecule has 1 aromatic carbocycles. The molecular weight excluding hydrogens is 266 g/mol. The number of carbonyl (C=O) groups excluding carboxylic acids is 1. The van der Waals surface area contributed by atoms with Gasteiger partial charge in [-0.05, 0) is 50.7 Å². The van der Waals surface area contributed by atoms with E-state index in [-0.39, 0.29) is 12.0 Å². The number of carbonyl (C=O) groups is 1. The molecule has 0 aromatic heterocycles. The molecule has 21 heavy (non-hydrogen) atoms. The number of rotatable bonds is 5. The second kappa shape index (κ2) is 7.57. The minimum Gasteiger partial charge on any atom is -0.393 e. The Morgan fingerprint density at radius 2 is 2.10 bits per heavy atom. The van der Waals surface area contributed by atoms with Crippen LogP contribution in [0.15, 0.2) is 18.2 Å². The summed E-state index contributed by atoms with van der Waals surface area (Å²) in [6.07, 6.45) is 2.06. The molecule has 0 unspecified atom stereocenters. The van der Waals surface area contributed by atoms with Crippen molar-refractivity contribution in [2.75, 3.05) is 19.8 Å². The van der Waals surface area contributed by atoms with Crippen molar-refractivity contribution in [2.45, 2.75) is 39.2 Å². The minimum atomic E-state index is -0.354. The smallest absolute Gasteiger partial charge is 0.251 e. The average Bonchev–Trinajstić information content (AvgIpc) is 2.50. The number of benzene rings is 1. The Hall–Kier alpha value is -1.39. The van der Waals surface area contributed by atoms with E-state index in [1.54, 1.807) is 0 Å². The van der Waals surface area contributed by atoms with Crippen LogP contribution in [0.2, 0.25) is 0 Å². The molecule has 0 bridgehead atoms. The zero-order valence-corrected chi connectivity index (χ0v) is 12.9. The normalized spacial score (nSPS) is 17.5. The summed E-state index contributed by atoms with van der Waals surface area (Å²) in [5.41, 5.74) is 2.77. The third-order valence-electron chi connectivity index (χ3n) is 4.17. The van der Waals surface area contributed by atoms with Gasteiger partial charge in [0, 0.05) is 25.3 Å². The highest BCUT2D eigenvalue weighted by atomic mass is 16.5. The number of nitrogens with one attached hydrogen (secondary N) is 1. The summed E-state index contributed by atoms with van der Waals surface area (Å²) in [4.78, 5) is 12.2.